The fraction of sp³-hybridized carbons (Fsp3) is 0.519. The number of nitrogens with zero attached hydrogens (tertiary/aromatic N) is 2. The van der Waals surface area contributed by atoms with Crippen LogP contribution in [0, 0.1) is 17.6 Å². The molecule has 1 N–H and O–H groups in total. The standard InChI is InChI=1S/C27H33F3N2O3/c1-27(2,30)17-31-10-7-18(8-11-31)16-35-21-4-6-22(25(29)14-21)19-3-5-23(24(28)13-19)26(34)32-12-9-20(33)15-32/h3-6,13-14,18,20,33H,7-12,15-17H2,1-2H3/t20-/m0/s1. The van der Waals surface area contributed by atoms with Gasteiger partial charge in [-0.25, -0.2) is 13.2 Å². The third kappa shape index (κ3) is 6.55. The van der Waals surface area contributed by atoms with E-state index in [9.17, 15) is 23.1 Å². The molecule has 4 rings (SSSR count). The Morgan fingerprint density at radius 3 is 2.40 bits per heavy atom. The molecule has 2 aromatic rings. The van der Waals surface area contributed by atoms with E-state index in [1.165, 1.54) is 23.1 Å². The van der Waals surface area contributed by atoms with E-state index in [1.54, 1.807) is 26.0 Å². The zero-order valence-corrected chi connectivity index (χ0v) is 20.3. The predicted octanol–water partition coefficient (Wildman–Crippen LogP) is 4.68. The number of amides is 1. The molecular weight excluding hydrogens is 457 g/mol. The number of β-amino-alcohol motifs (C(OH)–C–C–N with tert-alkyl or cyclic N) is 1. The number of carbonyl (C=O) groups is 1. The van der Waals surface area contributed by atoms with E-state index in [2.05, 4.69) is 4.90 Å². The van der Waals surface area contributed by atoms with Gasteiger partial charge in [0, 0.05) is 31.3 Å². The van der Waals surface area contributed by atoms with Gasteiger partial charge in [0.15, 0.2) is 0 Å². The second kappa shape index (κ2) is 10.6. The summed E-state index contributed by atoms with van der Waals surface area (Å²) < 4.78 is 49.2. The molecule has 5 nitrogen and oxygen atoms in total. The molecule has 0 spiro atoms. The molecule has 0 unspecified atom stereocenters. The average Bonchev–Trinajstić information content (AvgIpc) is 3.23. The largest absolute Gasteiger partial charge is 0.493 e. The molecule has 35 heavy (non-hydrogen) atoms. The number of ether oxygens (including phenoxy) is 1. The monoisotopic (exact) mass is 490 g/mol. The number of hydrogen-bond acceptors (Lipinski definition) is 4. The van der Waals surface area contributed by atoms with Crippen LogP contribution in [-0.2, 0) is 0 Å². The number of hydrogen-bond donors (Lipinski definition) is 1. The van der Waals surface area contributed by atoms with E-state index in [-0.39, 0.29) is 17.7 Å². The molecule has 0 radical (unpaired) electrons. The topological polar surface area (TPSA) is 53.0 Å². The fourth-order valence-electron chi connectivity index (χ4n) is 4.83. The first-order valence-electron chi connectivity index (χ1n) is 12.2. The molecule has 2 heterocycles. The van der Waals surface area contributed by atoms with Crippen LogP contribution < -0.4 is 4.74 Å². The highest BCUT2D eigenvalue weighted by atomic mass is 19.1. The zero-order valence-electron chi connectivity index (χ0n) is 20.3. The summed E-state index contributed by atoms with van der Waals surface area (Å²) in [5.74, 6) is -1.01. The van der Waals surface area contributed by atoms with Crippen LogP contribution in [0.2, 0.25) is 0 Å². The summed E-state index contributed by atoms with van der Waals surface area (Å²) in [5, 5.41) is 9.62. The van der Waals surface area contributed by atoms with Gasteiger partial charge in [0.25, 0.3) is 5.91 Å². The average molecular weight is 491 g/mol. The van der Waals surface area contributed by atoms with E-state index < -0.39 is 29.3 Å². The van der Waals surface area contributed by atoms with Crippen molar-refractivity contribution in [1.29, 1.82) is 0 Å². The van der Waals surface area contributed by atoms with Crippen LogP contribution in [-0.4, -0.2) is 71.9 Å². The highest BCUT2D eigenvalue weighted by Gasteiger charge is 2.28. The molecule has 0 aromatic heterocycles. The van der Waals surface area contributed by atoms with E-state index in [0.29, 0.717) is 43.3 Å². The van der Waals surface area contributed by atoms with Gasteiger partial charge < -0.3 is 19.6 Å². The predicted molar refractivity (Wildman–Crippen MR) is 128 cm³/mol. The third-order valence-electron chi connectivity index (χ3n) is 6.69. The van der Waals surface area contributed by atoms with Gasteiger partial charge in [-0.15, -0.1) is 0 Å². The molecule has 2 aromatic carbocycles. The molecule has 0 bridgehead atoms. The van der Waals surface area contributed by atoms with Crippen molar-refractivity contribution in [3.8, 4) is 16.9 Å². The number of halogens is 3. The first kappa shape index (κ1) is 25.5. The first-order valence-corrected chi connectivity index (χ1v) is 12.2. The van der Waals surface area contributed by atoms with Crippen LogP contribution in [0.1, 0.15) is 43.5 Å². The first-order chi connectivity index (χ1) is 16.6. The number of aliphatic hydroxyl groups is 1. The van der Waals surface area contributed by atoms with Crippen molar-refractivity contribution >= 4 is 5.91 Å². The molecule has 2 aliphatic rings. The van der Waals surface area contributed by atoms with Crippen LogP contribution in [0.4, 0.5) is 13.2 Å². The highest BCUT2D eigenvalue weighted by molar-refractivity contribution is 5.95. The second-order valence-electron chi connectivity index (χ2n) is 10.3. The number of benzene rings is 2. The SMILES string of the molecule is CC(C)(F)CN1CCC(COc2ccc(-c3ccc(C(=O)N4CC[C@H](O)C4)c(F)c3)c(F)c2)CC1. The smallest absolute Gasteiger partial charge is 0.256 e. The van der Waals surface area contributed by atoms with Crippen molar-refractivity contribution in [2.75, 3.05) is 39.3 Å². The van der Waals surface area contributed by atoms with E-state index in [0.717, 1.165) is 32.0 Å². The maximum Gasteiger partial charge on any atom is 0.256 e. The van der Waals surface area contributed by atoms with E-state index in [4.69, 9.17) is 4.74 Å². The molecule has 1 atom stereocenters. The summed E-state index contributed by atoms with van der Waals surface area (Å²) in [4.78, 5) is 16.1. The van der Waals surface area contributed by atoms with Crippen molar-refractivity contribution in [3.05, 3.63) is 53.6 Å². The fourth-order valence-corrected chi connectivity index (χ4v) is 4.83. The highest BCUT2D eigenvalue weighted by Crippen LogP contribution is 2.29. The molecule has 2 saturated heterocycles. The van der Waals surface area contributed by atoms with Crippen molar-refractivity contribution in [3.63, 3.8) is 0 Å². The van der Waals surface area contributed by atoms with Gasteiger partial charge in [0.05, 0.1) is 18.3 Å². The Bertz CT molecular complexity index is 1050. The molecule has 2 aliphatic heterocycles. The minimum absolute atomic E-state index is 0.0932. The van der Waals surface area contributed by atoms with Crippen molar-refractivity contribution in [2.45, 2.75) is 44.9 Å². The van der Waals surface area contributed by atoms with Gasteiger partial charge in [-0.3, -0.25) is 4.79 Å². The van der Waals surface area contributed by atoms with Gasteiger partial charge >= 0.3 is 0 Å². The Kier molecular flexibility index (Phi) is 7.71. The lowest BCUT2D eigenvalue weighted by atomic mass is 9.97. The molecule has 2 fully saturated rings. The lowest BCUT2D eigenvalue weighted by Crippen LogP contribution is -2.41. The third-order valence-corrected chi connectivity index (χ3v) is 6.69. The summed E-state index contributed by atoms with van der Waals surface area (Å²) in [6.07, 6.45) is 1.69. The van der Waals surface area contributed by atoms with Crippen LogP contribution in [0.3, 0.4) is 0 Å². The van der Waals surface area contributed by atoms with Crippen LogP contribution >= 0.6 is 0 Å². The second-order valence-corrected chi connectivity index (χ2v) is 10.3. The van der Waals surface area contributed by atoms with Crippen LogP contribution in [0.25, 0.3) is 11.1 Å². The number of rotatable bonds is 7. The zero-order chi connectivity index (χ0) is 25.2. The van der Waals surface area contributed by atoms with Gasteiger partial charge in [0.2, 0.25) is 0 Å². The molecule has 1 amide bonds. The summed E-state index contributed by atoms with van der Waals surface area (Å²) in [5.41, 5.74) is -0.759. The van der Waals surface area contributed by atoms with Gasteiger partial charge in [-0.05, 0) is 81.9 Å². The normalized spacial score (nSPS) is 19.8. The van der Waals surface area contributed by atoms with Crippen molar-refractivity contribution in [1.82, 2.24) is 9.80 Å². The number of likely N-dealkylation sites (tertiary alicyclic amines) is 2. The van der Waals surface area contributed by atoms with Crippen molar-refractivity contribution < 1.29 is 27.8 Å². The minimum atomic E-state index is -1.21. The van der Waals surface area contributed by atoms with Gasteiger partial charge in [-0.2, -0.15) is 0 Å². The molecule has 8 heteroatoms. The molecule has 0 saturated carbocycles. The van der Waals surface area contributed by atoms with Gasteiger partial charge in [0.1, 0.15) is 23.1 Å². The number of aliphatic hydroxyl groups excluding tert-OH is 1. The van der Waals surface area contributed by atoms with Crippen molar-refractivity contribution in [2.24, 2.45) is 5.92 Å². The summed E-state index contributed by atoms with van der Waals surface area (Å²) >= 11 is 0. The van der Waals surface area contributed by atoms with E-state index in [1.807, 2.05) is 0 Å². The number of carbonyl (C=O) groups excluding carboxylic acids is 1. The molecular formula is C27H33F3N2O3. The Morgan fingerprint density at radius 2 is 1.80 bits per heavy atom. The summed E-state index contributed by atoms with van der Waals surface area (Å²) in [6.45, 7) is 6.25. The quantitative estimate of drug-likeness (QED) is 0.613. The Hall–Kier alpha value is -2.58. The van der Waals surface area contributed by atoms with Crippen LogP contribution in [0.5, 0.6) is 5.75 Å². The Balaban J connectivity index is 1.34. The lowest BCUT2D eigenvalue weighted by Gasteiger charge is -2.34. The van der Waals surface area contributed by atoms with Gasteiger partial charge in [-0.1, -0.05) is 6.07 Å². The number of alkyl halides is 1. The summed E-state index contributed by atoms with van der Waals surface area (Å²) in [6, 6.07) is 8.53. The minimum Gasteiger partial charge on any atom is -0.493 e. The Labute approximate surface area is 204 Å². The summed E-state index contributed by atoms with van der Waals surface area (Å²) in [7, 11) is 0. The van der Waals surface area contributed by atoms with Crippen LogP contribution in [0.15, 0.2) is 36.4 Å². The maximum atomic E-state index is 14.8. The molecule has 190 valence electrons. The number of piperidine rings is 1. The van der Waals surface area contributed by atoms with E-state index >= 15 is 0 Å². The maximum absolute atomic E-state index is 14.8. The Morgan fingerprint density at radius 1 is 1.06 bits per heavy atom. The molecule has 0 aliphatic carbocycles. The lowest BCUT2D eigenvalue weighted by molar-refractivity contribution is 0.0760.